The van der Waals surface area contributed by atoms with Gasteiger partial charge in [0.05, 0.1) is 18.0 Å². The number of anilines is 1. The molecule has 0 unspecified atom stereocenters. The molecule has 132 valence electrons. The fourth-order valence-electron chi connectivity index (χ4n) is 2.67. The van der Waals surface area contributed by atoms with Crippen LogP contribution in [0.25, 0.3) is 11.3 Å². The van der Waals surface area contributed by atoms with E-state index in [-0.39, 0.29) is 6.61 Å². The molecule has 1 aromatic heterocycles. The van der Waals surface area contributed by atoms with Crippen LogP contribution in [0.1, 0.15) is 29.4 Å². The number of rotatable bonds is 5. The van der Waals surface area contributed by atoms with Crippen LogP contribution in [-0.4, -0.2) is 20.8 Å². The van der Waals surface area contributed by atoms with Gasteiger partial charge in [-0.2, -0.15) is 5.10 Å². The lowest BCUT2D eigenvalue weighted by Crippen LogP contribution is -2.03. The maximum atomic E-state index is 9.56. The van der Waals surface area contributed by atoms with Crippen LogP contribution in [-0.2, 0) is 6.61 Å². The Morgan fingerprint density at radius 2 is 1.77 bits per heavy atom. The zero-order chi connectivity index (χ0) is 18.5. The summed E-state index contributed by atoms with van der Waals surface area (Å²) < 4.78 is 0. The summed E-state index contributed by atoms with van der Waals surface area (Å²) in [7, 11) is 0. The molecular weight excluding hydrogens is 324 g/mol. The Morgan fingerprint density at radius 3 is 2.50 bits per heavy atom. The number of aliphatic hydroxyl groups is 1. The molecule has 26 heavy (non-hydrogen) atoms. The summed E-state index contributed by atoms with van der Waals surface area (Å²) in [5.41, 5.74) is 8.64. The summed E-state index contributed by atoms with van der Waals surface area (Å²) in [6.07, 6.45) is 0. The van der Waals surface area contributed by atoms with Crippen LogP contribution in [0.4, 0.5) is 5.82 Å². The van der Waals surface area contributed by atoms with Crippen molar-refractivity contribution in [2.24, 2.45) is 5.10 Å². The fraction of sp³-hybridized carbons (Fsp3) is 0.190. The van der Waals surface area contributed by atoms with E-state index in [1.165, 1.54) is 5.56 Å². The molecular formula is C21H22N4O. The van der Waals surface area contributed by atoms with E-state index >= 15 is 0 Å². The van der Waals surface area contributed by atoms with E-state index in [9.17, 15) is 5.11 Å². The molecule has 5 nitrogen and oxygen atoms in total. The SMILES string of the molecule is C/C(=N/Nc1cc(-c2ccccc2CO)nc(C)n1)c1ccc(C)cc1. The van der Waals surface area contributed by atoms with E-state index in [0.29, 0.717) is 11.6 Å². The van der Waals surface area contributed by atoms with Crippen LogP contribution in [0.3, 0.4) is 0 Å². The van der Waals surface area contributed by atoms with E-state index in [0.717, 1.165) is 28.1 Å². The maximum absolute atomic E-state index is 9.56. The first-order valence-electron chi connectivity index (χ1n) is 8.49. The molecule has 0 saturated heterocycles. The van der Waals surface area contributed by atoms with Crippen LogP contribution in [0.2, 0.25) is 0 Å². The molecule has 0 fully saturated rings. The molecule has 0 atom stereocenters. The molecule has 0 aliphatic carbocycles. The Balaban J connectivity index is 1.88. The van der Waals surface area contributed by atoms with Crippen molar-refractivity contribution in [3.8, 4) is 11.3 Å². The third-order valence-corrected chi connectivity index (χ3v) is 4.11. The Bertz CT molecular complexity index is 933. The molecule has 0 saturated carbocycles. The van der Waals surface area contributed by atoms with Crippen molar-refractivity contribution in [3.05, 3.63) is 77.1 Å². The third-order valence-electron chi connectivity index (χ3n) is 4.11. The van der Waals surface area contributed by atoms with Gasteiger partial charge < -0.3 is 5.11 Å². The van der Waals surface area contributed by atoms with Gasteiger partial charge in [-0.25, -0.2) is 9.97 Å². The van der Waals surface area contributed by atoms with Gasteiger partial charge in [-0.15, -0.1) is 0 Å². The highest BCUT2D eigenvalue weighted by atomic mass is 16.3. The highest BCUT2D eigenvalue weighted by molar-refractivity contribution is 5.99. The first-order valence-corrected chi connectivity index (χ1v) is 8.49. The molecule has 3 rings (SSSR count). The fourth-order valence-corrected chi connectivity index (χ4v) is 2.67. The smallest absolute Gasteiger partial charge is 0.150 e. The van der Waals surface area contributed by atoms with Crippen molar-refractivity contribution in [1.29, 1.82) is 0 Å². The number of hydrogen-bond acceptors (Lipinski definition) is 5. The van der Waals surface area contributed by atoms with E-state index in [1.54, 1.807) is 0 Å². The van der Waals surface area contributed by atoms with Crippen molar-refractivity contribution in [3.63, 3.8) is 0 Å². The molecule has 0 radical (unpaired) electrons. The zero-order valence-corrected chi connectivity index (χ0v) is 15.2. The third kappa shape index (κ3) is 4.13. The van der Waals surface area contributed by atoms with Crippen molar-refractivity contribution >= 4 is 11.5 Å². The first kappa shape index (κ1) is 17.8. The van der Waals surface area contributed by atoms with Crippen molar-refractivity contribution in [1.82, 2.24) is 9.97 Å². The number of benzene rings is 2. The maximum Gasteiger partial charge on any atom is 0.150 e. The van der Waals surface area contributed by atoms with Gasteiger partial charge in [-0.05, 0) is 31.9 Å². The minimum atomic E-state index is -0.0350. The Kier molecular flexibility index (Phi) is 5.39. The summed E-state index contributed by atoms with van der Waals surface area (Å²) >= 11 is 0. The lowest BCUT2D eigenvalue weighted by Gasteiger charge is -2.09. The van der Waals surface area contributed by atoms with Gasteiger partial charge in [0.2, 0.25) is 0 Å². The number of hydrazone groups is 1. The number of aryl methyl sites for hydroxylation is 2. The van der Waals surface area contributed by atoms with Crippen molar-refractivity contribution in [2.45, 2.75) is 27.4 Å². The quantitative estimate of drug-likeness (QED) is 0.539. The summed E-state index contributed by atoms with van der Waals surface area (Å²) in [6, 6.07) is 17.7. The molecule has 0 aliphatic heterocycles. The molecule has 1 heterocycles. The van der Waals surface area contributed by atoms with Gasteiger partial charge in [0.1, 0.15) is 11.6 Å². The number of aliphatic hydroxyl groups excluding tert-OH is 1. The van der Waals surface area contributed by atoms with Crippen molar-refractivity contribution < 1.29 is 5.11 Å². The van der Waals surface area contributed by atoms with Crippen LogP contribution in [0, 0.1) is 13.8 Å². The van der Waals surface area contributed by atoms with E-state index < -0.39 is 0 Å². The molecule has 0 aliphatic rings. The summed E-state index contributed by atoms with van der Waals surface area (Å²) in [5, 5.41) is 14.0. The molecule has 2 aromatic carbocycles. The van der Waals surface area contributed by atoms with E-state index in [2.05, 4.69) is 39.6 Å². The average molecular weight is 346 g/mol. The number of hydrogen-bond donors (Lipinski definition) is 2. The summed E-state index contributed by atoms with van der Waals surface area (Å²) in [5.74, 6) is 1.26. The van der Waals surface area contributed by atoms with Crippen LogP contribution in [0.15, 0.2) is 59.7 Å². The highest BCUT2D eigenvalue weighted by Gasteiger charge is 2.08. The molecule has 0 spiro atoms. The Labute approximate surface area is 153 Å². The molecule has 2 N–H and O–H groups in total. The minimum Gasteiger partial charge on any atom is -0.392 e. The average Bonchev–Trinajstić information content (AvgIpc) is 2.66. The van der Waals surface area contributed by atoms with Crippen LogP contribution < -0.4 is 5.43 Å². The topological polar surface area (TPSA) is 70.4 Å². The predicted molar refractivity (Wildman–Crippen MR) is 105 cm³/mol. The van der Waals surface area contributed by atoms with E-state index in [1.807, 2.05) is 56.3 Å². The molecule has 5 heteroatoms. The zero-order valence-electron chi connectivity index (χ0n) is 15.2. The summed E-state index contributed by atoms with van der Waals surface area (Å²) in [6.45, 7) is 5.82. The lowest BCUT2D eigenvalue weighted by molar-refractivity contribution is 0.282. The molecule has 0 bridgehead atoms. The number of aromatic nitrogens is 2. The van der Waals surface area contributed by atoms with Gasteiger partial charge >= 0.3 is 0 Å². The second kappa shape index (κ2) is 7.89. The Hall–Kier alpha value is -3.05. The lowest BCUT2D eigenvalue weighted by atomic mass is 10.0. The highest BCUT2D eigenvalue weighted by Crippen LogP contribution is 2.24. The minimum absolute atomic E-state index is 0.0350. The molecule has 3 aromatic rings. The monoisotopic (exact) mass is 346 g/mol. The van der Waals surface area contributed by atoms with Gasteiger partial charge in [-0.1, -0.05) is 54.1 Å². The first-order chi connectivity index (χ1) is 12.6. The second-order valence-electron chi connectivity index (χ2n) is 6.18. The standard InChI is InChI=1S/C21H22N4O/c1-14-8-10-17(11-9-14)15(2)24-25-21-12-20(22-16(3)23-21)19-7-5-4-6-18(19)13-26/h4-12,26H,13H2,1-3H3,(H,22,23,25)/b24-15-. The predicted octanol–water partition coefficient (Wildman–Crippen LogP) is 4.09. The van der Waals surface area contributed by atoms with Crippen LogP contribution >= 0.6 is 0 Å². The largest absolute Gasteiger partial charge is 0.392 e. The van der Waals surface area contributed by atoms with Gasteiger partial charge in [0.15, 0.2) is 0 Å². The normalized spacial score (nSPS) is 11.5. The Morgan fingerprint density at radius 1 is 1.04 bits per heavy atom. The van der Waals surface area contributed by atoms with Gasteiger partial charge in [0, 0.05) is 11.6 Å². The second-order valence-corrected chi connectivity index (χ2v) is 6.18. The van der Waals surface area contributed by atoms with E-state index in [4.69, 9.17) is 0 Å². The number of nitrogens with zero attached hydrogens (tertiary/aromatic N) is 3. The van der Waals surface area contributed by atoms with Gasteiger partial charge in [-0.3, -0.25) is 5.43 Å². The van der Waals surface area contributed by atoms with Crippen molar-refractivity contribution in [2.75, 3.05) is 5.43 Å². The number of nitrogens with one attached hydrogen (secondary N) is 1. The van der Waals surface area contributed by atoms with Gasteiger partial charge in [0.25, 0.3) is 0 Å². The molecule has 0 amide bonds. The summed E-state index contributed by atoms with van der Waals surface area (Å²) in [4.78, 5) is 8.90. The van der Waals surface area contributed by atoms with Crippen LogP contribution in [0.5, 0.6) is 0 Å².